The second-order valence-electron chi connectivity index (χ2n) is 6.73. The first-order valence-corrected chi connectivity index (χ1v) is 10.3. The van der Waals surface area contributed by atoms with E-state index in [-0.39, 0.29) is 23.8 Å². The number of aryl methyl sites for hydroxylation is 1. The Labute approximate surface area is 180 Å². The summed E-state index contributed by atoms with van der Waals surface area (Å²) in [6, 6.07) is 9.21. The molecule has 1 amide bonds. The van der Waals surface area contributed by atoms with Crippen molar-refractivity contribution in [1.82, 2.24) is 25.0 Å². The molecule has 0 radical (unpaired) electrons. The number of amides is 1. The number of nitrogens with one attached hydrogen (secondary N) is 1. The minimum atomic E-state index is -3.00. The van der Waals surface area contributed by atoms with Crippen molar-refractivity contribution in [2.75, 3.05) is 5.32 Å². The maximum atomic E-state index is 13.3. The molecule has 1 aromatic carbocycles. The summed E-state index contributed by atoms with van der Waals surface area (Å²) in [7, 11) is 0. The van der Waals surface area contributed by atoms with Crippen molar-refractivity contribution in [3.8, 4) is 11.3 Å². The normalized spacial score (nSPS) is 11.6. The highest BCUT2D eigenvalue weighted by molar-refractivity contribution is 7.09. The first-order chi connectivity index (χ1) is 14.8. The molecule has 0 fully saturated rings. The number of aromatic nitrogens is 5. The minimum absolute atomic E-state index is 0.107. The van der Waals surface area contributed by atoms with Gasteiger partial charge in [-0.1, -0.05) is 37.3 Å². The molecular weight excluding hydrogens is 426 g/mol. The van der Waals surface area contributed by atoms with Gasteiger partial charge in [0.25, 0.3) is 11.8 Å². The number of thiazole rings is 1. The lowest BCUT2D eigenvalue weighted by molar-refractivity contribution is 0.0132. The van der Waals surface area contributed by atoms with Gasteiger partial charge in [-0.3, -0.25) is 4.79 Å². The summed E-state index contributed by atoms with van der Waals surface area (Å²) in [6.07, 6.45) is 1.90. The van der Waals surface area contributed by atoms with Gasteiger partial charge in [-0.2, -0.15) is 18.7 Å². The zero-order valence-electron chi connectivity index (χ0n) is 16.7. The van der Waals surface area contributed by atoms with E-state index in [9.17, 15) is 13.6 Å². The van der Waals surface area contributed by atoms with Crippen LogP contribution in [0.3, 0.4) is 0 Å². The molecule has 0 saturated carbocycles. The second-order valence-corrected chi connectivity index (χ2v) is 7.68. The lowest BCUT2D eigenvalue weighted by atomic mass is 10.1. The van der Waals surface area contributed by atoms with Crippen LogP contribution in [0.2, 0.25) is 0 Å². The lowest BCUT2D eigenvalue weighted by Crippen LogP contribution is -2.14. The zero-order chi connectivity index (χ0) is 22.0. The monoisotopic (exact) mass is 444 g/mol. The molecule has 11 heteroatoms. The maximum Gasteiger partial charge on any atom is 0.287 e. The number of alkyl halides is 2. The van der Waals surface area contributed by atoms with Crippen LogP contribution in [0.1, 0.15) is 40.9 Å². The Morgan fingerprint density at radius 1 is 1.26 bits per heavy atom. The van der Waals surface area contributed by atoms with E-state index in [2.05, 4.69) is 25.5 Å². The third-order valence-corrected chi connectivity index (χ3v) is 5.11. The number of anilines is 1. The Balaban J connectivity index is 1.50. The topological polar surface area (TPSA) is 98.7 Å². The second kappa shape index (κ2) is 8.34. The van der Waals surface area contributed by atoms with Crippen molar-refractivity contribution < 1.29 is 18.0 Å². The number of carbonyl (C=O) groups excluding carboxylic acids is 1. The predicted octanol–water partition coefficient (Wildman–Crippen LogP) is 4.36. The van der Waals surface area contributed by atoms with Crippen LogP contribution < -0.4 is 5.32 Å². The van der Waals surface area contributed by atoms with E-state index in [1.165, 1.54) is 16.4 Å². The van der Waals surface area contributed by atoms with E-state index in [1.807, 2.05) is 37.3 Å². The van der Waals surface area contributed by atoms with Crippen LogP contribution in [0.5, 0.6) is 0 Å². The summed E-state index contributed by atoms with van der Waals surface area (Å²) >= 11 is 1.09. The maximum absolute atomic E-state index is 13.3. The molecule has 3 heterocycles. The molecule has 0 aliphatic rings. The van der Waals surface area contributed by atoms with Crippen LogP contribution >= 0.6 is 11.3 Å². The number of benzene rings is 1. The van der Waals surface area contributed by atoms with Crippen LogP contribution in [-0.4, -0.2) is 30.9 Å². The third kappa shape index (κ3) is 4.66. The first-order valence-electron chi connectivity index (χ1n) is 9.42. The highest BCUT2D eigenvalue weighted by Gasteiger charge is 2.27. The third-order valence-electron chi connectivity index (χ3n) is 4.28. The fourth-order valence-corrected chi connectivity index (χ4v) is 3.62. The van der Waals surface area contributed by atoms with Gasteiger partial charge in [-0.15, -0.1) is 16.4 Å². The molecule has 160 valence electrons. The molecule has 4 aromatic rings. The van der Waals surface area contributed by atoms with Gasteiger partial charge < -0.3 is 9.73 Å². The number of oxazole rings is 1. The Morgan fingerprint density at radius 2 is 2.03 bits per heavy atom. The number of hydrogen-bond donors (Lipinski definition) is 1. The number of nitrogens with zero attached hydrogens (tertiary/aromatic N) is 5. The summed E-state index contributed by atoms with van der Waals surface area (Å²) in [5, 5.41) is 12.6. The largest absolute Gasteiger partial charge is 0.440 e. The van der Waals surface area contributed by atoms with E-state index in [4.69, 9.17) is 4.42 Å². The summed E-state index contributed by atoms with van der Waals surface area (Å²) in [4.78, 5) is 22.3. The van der Waals surface area contributed by atoms with Gasteiger partial charge >= 0.3 is 0 Å². The van der Waals surface area contributed by atoms with Crippen LogP contribution in [0.4, 0.5) is 14.6 Å². The van der Waals surface area contributed by atoms with Gasteiger partial charge in [0, 0.05) is 24.3 Å². The number of halogens is 2. The van der Waals surface area contributed by atoms with Crippen LogP contribution in [-0.2, 0) is 18.9 Å². The Kier molecular flexibility index (Phi) is 5.59. The van der Waals surface area contributed by atoms with E-state index >= 15 is 0 Å². The molecule has 4 rings (SSSR count). The van der Waals surface area contributed by atoms with Gasteiger partial charge in [0.15, 0.2) is 23.2 Å². The molecule has 0 atom stereocenters. The molecular formula is C20H18F2N6O2S. The van der Waals surface area contributed by atoms with Crippen molar-refractivity contribution in [1.29, 1.82) is 0 Å². The fraction of sp³-hybridized carbons (Fsp3) is 0.250. The van der Waals surface area contributed by atoms with Crippen molar-refractivity contribution in [2.45, 2.75) is 32.7 Å². The summed E-state index contributed by atoms with van der Waals surface area (Å²) in [5.41, 5.74) is 0.586. The summed E-state index contributed by atoms with van der Waals surface area (Å²) < 4.78 is 32.4. The highest BCUT2D eigenvalue weighted by atomic mass is 32.1. The molecule has 0 spiro atoms. The van der Waals surface area contributed by atoms with Gasteiger partial charge in [-0.05, 0) is 0 Å². The number of hydrogen-bond acceptors (Lipinski definition) is 7. The van der Waals surface area contributed by atoms with Crippen LogP contribution in [0.25, 0.3) is 11.3 Å². The summed E-state index contributed by atoms with van der Waals surface area (Å²) in [6.45, 7) is 2.78. The lowest BCUT2D eigenvalue weighted by Gasteiger charge is -2.04. The van der Waals surface area contributed by atoms with Gasteiger partial charge in [-0.25, -0.2) is 9.97 Å². The molecule has 3 aromatic heterocycles. The molecule has 0 aliphatic heterocycles. The summed E-state index contributed by atoms with van der Waals surface area (Å²) in [5.74, 6) is -2.48. The molecule has 8 nitrogen and oxygen atoms in total. The molecule has 0 saturated heterocycles. The molecule has 1 N–H and O–H groups in total. The van der Waals surface area contributed by atoms with Gasteiger partial charge in [0.05, 0.1) is 6.20 Å². The fourth-order valence-electron chi connectivity index (χ4n) is 2.77. The Hall–Kier alpha value is -3.47. The molecule has 0 bridgehead atoms. The smallest absolute Gasteiger partial charge is 0.287 e. The van der Waals surface area contributed by atoms with Crippen molar-refractivity contribution in [3.05, 3.63) is 64.2 Å². The highest BCUT2D eigenvalue weighted by Crippen LogP contribution is 2.28. The van der Waals surface area contributed by atoms with E-state index in [0.717, 1.165) is 23.8 Å². The van der Waals surface area contributed by atoms with Gasteiger partial charge in [0.2, 0.25) is 0 Å². The van der Waals surface area contributed by atoms with E-state index in [0.29, 0.717) is 23.1 Å². The average Bonchev–Trinajstić information content (AvgIpc) is 3.48. The average molecular weight is 444 g/mol. The molecule has 31 heavy (non-hydrogen) atoms. The minimum Gasteiger partial charge on any atom is -0.440 e. The van der Waals surface area contributed by atoms with Crippen molar-refractivity contribution >= 4 is 23.1 Å². The van der Waals surface area contributed by atoms with Crippen LogP contribution in [0, 0.1) is 0 Å². The predicted molar refractivity (Wildman–Crippen MR) is 110 cm³/mol. The van der Waals surface area contributed by atoms with E-state index < -0.39 is 11.8 Å². The number of carbonyl (C=O) groups is 1. The van der Waals surface area contributed by atoms with Crippen molar-refractivity contribution in [3.63, 3.8) is 0 Å². The Bertz CT molecular complexity index is 1200. The molecule has 0 aliphatic carbocycles. The van der Waals surface area contributed by atoms with E-state index in [1.54, 1.807) is 0 Å². The zero-order valence-corrected chi connectivity index (χ0v) is 17.5. The number of rotatable bonds is 7. The standard InChI is InChI=1S/C20H18F2N6O2S/c1-3-15-26-17(18(30-15)12-7-5-4-6-8-12)19(29)25-14-9-23-28(27-14)10-16-24-13(11-31-16)20(2,21)22/h4-9,11H,3,10H2,1-2H3,(H,25,27,29). The van der Waals surface area contributed by atoms with Crippen molar-refractivity contribution in [2.24, 2.45) is 0 Å². The molecule has 0 unspecified atom stereocenters. The Morgan fingerprint density at radius 3 is 2.71 bits per heavy atom. The quantitative estimate of drug-likeness (QED) is 0.455. The van der Waals surface area contributed by atoms with Gasteiger partial charge in [0.1, 0.15) is 17.2 Å². The SMILES string of the molecule is CCc1nc(C(=O)Nc2cnn(Cc3nc(C(C)(F)F)cs3)n2)c(-c2ccccc2)o1. The van der Waals surface area contributed by atoms with Crippen LogP contribution in [0.15, 0.2) is 46.3 Å². The first kappa shape index (κ1) is 20.8.